The van der Waals surface area contributed by atoms with Gasteiger partial charge in [0.05, 0.1) is 10.9 Å². The summed E-state index contributed by atoms with van der Waals surface area (Å²) in [6.45, 7) is 2.90. The normalized spacial score (nSPS) is 20.8. The molecule has 0 aromatic carbocycles. The maximum absolute atomic E-state index is 12.2. The number of thiophene rings is 1. The highest BCUT2D eigenvalue weighted by Crippen LogP contribution is 2.23. The molecule has 2 heterocycles. The average Bonchev–Trinajstić information content (AvgIpc) is 2.70. The highest BCUT2D eigenvalue weighted by atomic mass is 35.5. The number of nitrogens with zero attached hydrogens (tertiary/aromatic N) is 1. The molecule has 1 aromatic heterocycles. The van der Waals surface area contributed by atoms with Crippen LogP contribution in [0.1, 0.15) is 24.6 Å². The molecule has 0 radical (unpaired) electrons. The van der Waals surface area contributed by atoms with E-state index in [1.165, 1.54) is 11.3 Å². The quantitative estimate of drug-likeness (QED) is 0.924. The molecule has 4 nitrogen and oxygen atoms in total. The number of hydrogen-bond donors (Lipinski definition) is 1. The number of nitrogens with one attached hydrogen (secondary N) is 1. The molecule has 0 saturated carbocycles. The van der Waals surface area contributed by atoms with Crippen LogP contribution in [0.15, 0.2) is 12.1 Å². The minimum absolute atomic E-state index is 0.00660. The van der Waals surface area contributed by atoms with Gasteiger partial charge < -0.3 is 10.2 Å². The summed E-state index contributed by atoms with van der Waals surface area (Å²) in [5, 5.41) is 2.75. The van der Waals surface area contributed by atoms with Crippen molar-refractivity contribution < 1.29 is 9.59 Å². The smallest absolute Gasteiger partial charge is 0.245 e. The Bertz CT molecular complexity index is 461. The molecule has 1 saturated heterocycles. The molecular weight excluding hydrogens is 272 g/mol. The number of carbonyl (C=O) groups is 2. The van der Waals surface area contributed by atoms with Crippen molar-refractivity contribution in [3.05, 3.63) is 21.3 Å². The highest BCUT2D eigenvalue weighted by molar-refractivity contribution is 7.16. The summed E-state index contributed by atoms with van der Waals surface area (Å²) in [7, 11) is 0. The first-order valence-corrected chi connectivity index (χ1v) is 7.12. The molecule has 1 aromatic rings. The molecule has 1 N–H and O–H groups in total. The molecule has 6 heteroatoms. The fourth-order valence-electron chi connectivity index (χ4n) is 1.95. The summed E-state index contributed by atoms with van der Waals surface area (Å²) in [6, 6.07) is 3.35. The van der Waals surface area contributed by atoms with Crippen LogP contribution in [0.5, 0.6) is 0 Å². The third-order valence-corrected chi connectivity index (χ3v) is 4.15. The van der Waals surface area contributed by atoms with E-state index < -0.39 is 6.04 Å². The van der Waals surface area contributed by atoms with Gasteiger partial charge in [-0.3, -0.25) is 9.59 Å². The van der Waals surface area contributed by atoms with Gasteiger partial charge in [0.25, 0.3) is 0 Å². The molecule has 1 fully saturated rings. The number of amides is 2. The van der Waals surface area contributed by atoms with Gasteiger partial charge in [0.15, 0.2) is 0 Å². The molecule has 2 amide bonds. The zero-order valence-electron chi connectivity index (χ0n) is 10.1. The molecule has 0 aliphatic carbocycles. The summed E-state index contributed by atoms with van der Waals surface area (Å²) in [4.78, 5) is 26.5. The van der Waals surface area contributed by atoms with Crippen LogP contribution in [0.3, 0.4) is 0 Å². The largest absolute Gasteiger partial charge is 0.344 e. The second-order valence-electron chi connectivity index (χ2n) is 4.24. The van der Waals surface area contributed by atoms with Crippen molar-refractivity contribution in [3.63, 3.8) is 0 Å². The molecule has 1 aliphatic rings. The zero-order valence-corrected chi connectivity index (χ0v) is 11.7. The maximum Gasteiger partial charge on any atom is 0.245 e. The zero-order chi connectivity index (χ0) is 13.1. The van der Waals surface area contributed by atoms with E-state index in [0.29, 0.717) is 30.3 Å². The predicted molar refractivity (Wildman–Crippen MR) is 71.6 cm³/mol. The fourth-order valence-corrected chi connectivity index (χ4v) is 3.06. The first-order chi connectivity index (χ1) is 8.60. The third-order valence-electron chi connectivity index (χ3n) is 2.94. The van der Waals surface area contributed by atoms with Crippen LogP contribution >= 0.6 is 22.9 Å². The Morgan fingerprint density at radius 1 is 1.50 bits per heavy atom. The fraction of sp³-hybridized carbons (Fsp3) is 0.500. The second-order valence-corrected chi connectivity index (χ2v) is 6.04. The first kappa shape index (κ1) is 13.4. The van der Waals surface area contributed by atoms with Crippen LogP contribution in [0.25, 0.3) is 0 Å². The van der Waals surface area contributed by atoms with Crippen molar-refractivity contribution in [3.8, 4) is 0 Å². The Labute approximate surface area is 115 Å². The van der Waals surface area contributed by atoms with Crippen molar-refractivity contribution in [2.24, 2.45) is 0 Å². The van der Waals surface area contributed by atoms with Gasteiger partial charge in [0.2, 0.25) is 11.8 Å². The average molecular weight is 287 g/mol. The number of halogens is 1. The Balaban J connectivity index is 2.10. The predicted octanol–water partition coefficient (Wildman–Crippen LogP) is 2.03. The SMILES string of the molecule is CCC1NC(=O)CCN(Cc2ccc(Cl)s2)C1=O. The van der Waals surface area contributed by atoms with E-state index in [9.17, 15) is 9.59 Å². The molecule has 0 bridgehead atoms. The van der Waals surface area contributed by atoms with Gasteiger partial charge in [0, 0.05) is 17.8 Å². The third kappa shape index (κ3) is 3.03. The lowest BCUT2D eigenvalue weighted by Crippen LogP contribution is -2.43. The van der Waals surface area contributed by atoms with Gasteiger partial charge >= 0.3 is 0 Å². The molecule has 1 atom stereocenters. The van der Waals surface area contributed by atoms with E-state index in [2.05, 4.69) is 5.32 Å². The number of hydrogen-bond acceptors (Lipinski definition) is 3. The minimum atomic E-state index is -0.393. The monoisotopic (exact) mass is 286 g/mol. The van der Waals surface area contributed by atoms with Crippen molar-refractivity contribution in [2.45, 2.75) is 32.4 Å². The van der Waals surface area contributed by atoms with Gasteiger partial charge in [0.1, 0.15) is 6.04 Å². The molecule has 2 rings (SSSR count). The Morgan fingerprint density at radius 2 is 2.28 bits per heavy atom. The highest BCUT2D eigenvalue weighted by Gasteiger charge is 2.28. The van der Waals surface area contributed by atoms with Gasteiger partial charge in [-0.1, -0.05) is 18.5 Å². The lowest BCUT2D eigenvalue weighted by molar-refractivity contribution is -0.134. The Morgan fingerprint density at radius 3 is 2.89 bits per heavy atom. The van der Waals surface area contributed by atoms with Gasteiger partial charge in [-0.15, -0.1) is 11.3 Å². The minimum Gasteiger partial charge on any atom is -0.344 e. The van der Waals surface area contributed by atoms with Gasteiger partial charge in [-0.2, -0.15) is 0 Å². The van der Waals surface area contributed by atoms with E-state index in [4.69, 9.17) is 11.6 Å². The van der Waals surface area contributed by atoms with E-state index >= 15 is 0 Å². The van der Waals surface area contributed by atoms with Crippen LogP contribution < -0.4 is 5.32 Å². The van der Waals surface area contributed by atoms with E-state index in [1.807, 2.05) is 19.1 Å². The second kappa shape index (κ2) is 5.71. The van der Waals surface area contributed by atoms with Crippen LogP contribution in [0.2, 0.25) is 4.34 Å². The standard InChI is InChI=1S/C12H15ClN2O2S/c1-2-9-12(17)15(6-5-11(16)14-9)7-8-3-4-10(13)18-8/h3-4,9H,2,5-7H2,1H3,(H,14,16). The number of carbonyl (C=O) groups excluding carboxylic acids is 2. The Kier molecular flexibility index (Phi) is 4.24. The molecule has 1 unspecified atom stereocenters. The summed E-state index contributed by atoms with van der Waals surface area (Å²) < 4.78 is 0.716. The molecule has 18 heavy (non-hydrogen) atoms. The van der Waals surface area contributed by atoms with Crippen LogP contribution in [-0.2, 0) is 16.1 Å². The van der Waals surface area contributed by atoms with E-state index in [1.54, 1.807) is 4.90 Å². The lowest BCUT2D eigenvalue weighted by atomic mass is 10.2. The number of rotatable bonds is 3. The van der Waals surface area contributed by atoms with Crippen molar-refractivity contribution in [2.75, 3.05) is 6.54 Å². The molecule has 0 spiro atoms. The molecule has 1 aliphatic heterocycles. The van der Waals surface area contributed by atoms with E-state index in [0.717, 1.165) is 4.88 Å². The van der Waals surface area contributed by atoms with Crippen LogP contribution in [-0.4, -0.2) is 29.3 Å². The van der Waals surface area contributed by atoms with E-state index in [-0.39, 0.29) is 11.8 Å². The summed E-state index contributed by atoms with van der Waals surface area (Å²) in [5.41, 5.74) is 0. The molecule has 98 valence electrons. The van der Waals surface area contributed by atoms with Gasteiger partial charge in [-0.25, -0.2) is 0 Å². The summed E-state index contributed by atoms with van der Waals surface area (Å²) in [6.07, 6.45) is 0.980. The Hall–Kier alpha value is -1.07. The topological polar surface area (TPSA) is 49.4 Å². The first-order valence-electron chi connectivity index (χ1n) is 5.92. The van der Waals surface area contributed by atoms with Crippen molar-refractivity contribution in [1.82, 2.24) is 10.2 Å². The van der Waals surface area contributed by atoms with Crippen LogP contribution in [0.4, 0.5) is 0 Å². The van der Waals surface area contributed by atoms with Gasteiger partial charge in [-0.05, 0) is 18.6 Å². The van der Waals surface area contributed by atoms with Crippen LogP contribution in [0, 0.1) is 0 Å². The summed E-state index contributed by atoms with van der Waals surface area (Å²) in [5.74, 6) is -0.0604. The van der Waals surface area contributed by atoms with Crippen molar-refractivity contribution >= 4 is 34.8 Å². The summed E-state index contributed by atoms with van der Waals surface area (Å²) >= 11 is 7.34. The van der Waals surface area contributed by atoms with Crippen molar-refractivity contribution in [1.29, 1.82) is 0 Å². The lowest BCUT2D eigenvalue weighted by Gasteiger charge is -2.22. The maximum atomic E-state index is 12.2. The molecular formula is C12H15ClN2O2S.